The molecule has 3 N–H and O–H groups in total. The molecule has 0 saturated carbocycles. The lowest BCUT2D eigenvalue weighted by atomic mass is 10.0. The van der Waals surface area contributed by atoms with Gasteiger partial charge in [0.05, 0.1) is 7.11 Å². The third-order valence-electron chi connectivity index (χ3n) is 3.42. The lowest BCUT2D eigenvalue weighted by Gasteiger charge is -2.14. The van der Waals surface area contributed by atoms with Gasteiger partial charge in [0.25, 0.3) is 0 Å². The van der Waals surface area contributed by atoms with E-state index in [2.05, 4.69) is 42.6 Å². The molecule has 3 nitrogen and oxygen atoms in total. The quantitative estimate of drug-likeness (QED) is 0.848. The van der Waals surface area contributed by atoms with E-state index in [-0.39, 0.29) is 0 Å². The first kappa shape index (κ1) is 14.6. The molecule has 0 amide bonds. The maximum Gasteiger partial charge on any atom is 0.126 e. The van der Waals surface area contributed by atoms with Crippen molar-refractivity contribution in [1.29, 1.82) is 0 Å². The number of ether oxygens (including phenoxy) is 1. The number of hydrogen-bond acceptors (Lipinski definition) is 3. The van der Waals surface area contributed by atoms with E-state index in [1.165, 1.54) is 5.56 Å². The van der Waals surface area contributed by atoms with Crippen molar-refractivity contribution in [3.63, 3.8) is 0 Å². The molecule has 0 heterocycles. The predicted octanol–water partition coefficient (Wildman–Crippen LogP) is 2.97. The first-order valence-corrected chi connectivity index (χ1v) is 6.93. The summed E-state index contributed by atoms with van der Waals surface area (Å²) in [5.74, 6) is 0.898. The van der Waals surface area contributed by atoms with Crippen LogP contribution in [0.3, 0.4) is 0 Å². The molecule has 0 saturated heterocycles. The molecule has 0 bridgehead atoms. The fourth-order valence-electron chi connectivity index (χ4n) is 2.25. The first-order chi connectivity index (χ1) is 9.76. The molecule has 2 aromatic rings. The van der Waals surface area contributed by atoms with Gasteiger partial charge in [-0.3, -0.25) is 0 Å². The van der Waals surface area contributed by atoms with Crippen LogP contribution in [0.1, 0.15) is 18.5 Å². The summed E-state index contributed by atoms with van der Waals surface area (Å²) in [6.07, 6.45) is 0. The lowest BCUT2D eigenvalue weighted by Crippen LogP contribution is -2.25. The van der Waals surface area contributed by atoms with Crippen molar-refractivity contribution >= 4 is 0 Å². The van der Waals surface area contributed by atoms with E-state index >= 15 is 0 Å². The summed E-state index contributed by atoms with van der Waals surface area (Å²) in [5, 5.41) is 3.38. The molecular formula is C17H22N2O. The minimum atomic E-state index is 0.310. The van der Waals surface area contributed by atoms with E-state index in [1.807, 2.05) is 18.2 Å². The van der Waals surface area contributed by atoms with Crippen molar-refractivity contribution in [1.82, 2.24) is 5.32 Å². The zero-order valence-electron chi connectivity index (χ0n) is 12.1. The van der Waals surface area contributed by atoms with Gasteiger partial charge in [-0.1, -0.05) is 42.5 Å². The van der Waals surface area contributed by atoms with Gasteiger partial charge < -0.3 is 15.8 Å². The van der Waals surface area contributed by atoms with Gasteiger partial charge in [-0.05, 0) is 24.1 Å². The van der Waals surface area contributed by atoms with Crippen molar-refractivity contribution in [2.24, 2.45) is 5.73 Å². The Bertz CT molecular complexity index is 537. The molecule has 0 radical (unpaired) electrons. The van der Waals surface area contributed by atoms with Crippen molar-refractivity contribution in [2.75, 3.05) is 20.2 Å². The molecule has 0 aliphatic heterocycles. The van der Waals surface area contributed by atoms with E-state index in [0.29, 0.717) is 12.6 Å². The molecule has 0 spiro atoms. The van der Waals surface area contributed by atoms with Gasteiger partial charge in [-0.2, -0.15) is 0 Å². The van der Waals surface area contributed by atoms with E-state index < -0.39 is 0 Å². The average molecular weight is 270 g/mol. The molecule has 20 heavy (non-hydrogen) atoms. The molecule has 3 heteroatoms. The van der Waals surface area contributed by atoms with Crippen molar-refractivity contribution in [3.8, 4) is 16.9 Å². The normalized spacial score (nSPS) is 12.2. The van der Waals surface area contributed by atoms with E-state index in [0.717, 1.165) is 23.4 Å². The van der Waals surface area contributed by atoms with Gasteiger partial charge in [0.15, 0.2) is 0 Å². The minimum absolute atomic E-state index is 0.310. The van der Waals surface area contributed by atoms with Gasteiger partial charge in [0.1, 0.15) is 5.75 Å². The first-order valence-electron chi connectivity index (χ1n) is 6.93. The summed E-state index contributed by atoms with van der Waals surface area (Å²) >= 11 is 0. The smallest absolute Gasteiger partial charge is 0.126 e. The number of nitrogens with one attached hydrogen (secondary N) is 1. The maximum atomic E-state index is 5.51. The highest BCUT2D eigenvalue weighted by Crippen LogP contribution is 2.30. The summed E-state index contributed by atoms with van der Waals surface area (Å²) in [6.45, 7) is 3.63. The Morgan fingerprint density at radius 2 is 1.80 bits per heavy atom. The second-order valence-corrected chi connectivity index (χ2v) is 4.79. The Hall–Kier alpha value is -1.84. The Balaban J connectivity index is 2.19. The second-order valence-electron chi connectivity index (χ2n) is 4.79. The summed E-state index contributed by atoms with van der Waals surface area (Å²) in [7, 11) is 1.70. The Morgan fingerprint density at radius 3 is 2.45 bits per heavy atom. The second kappa shape index (κ2) is 7.08. The molecule has 1 atom stereocenters. The maximum absolute atomic E-state index is 5.51. The van der Waals surface area contributed by atoms with Gasteiger partial charge in [-0.25, -0.2) is 0 Å². The monoisotopic (exact) mass is 270 g/mol. The summed E-state index contributed by atoms with van der Waals surface area (Å²) in [6, 6.07) is 16.9. The molecule has 106 valence electrons. The van der Waals surface area contributed by atoms with Crippen molar-refractivity contribution < 1.29 is 4.74 Å². The van der Waals surface area contributed by atoms with Crippen molar-refractivity contribution in [3.05, 3.63) is 54.1 Å². The Morgan fingerprint density at radius 1 is 1.10 bits per heavy atom. The standard InChI is InChI=1S/C17H22N2O/c1-13(19-12-11-18)14-7-9-15(10-8-14)16-5-3-4-6-17(16)20-2/h3-10,13,19H,11-12,18H2,1-2H3. The molecule has 0 fully saturated rings. The zero-order valence-corrected chi connectivity index (χ0v) is 12.1. The van der Waals surface area contributed by atoms with Crippen LogP contribution in [-0.2, 0) is 0 Å². The SMILES string of the molecule is COc1ccccc1-c1ccc(C(C)NCCN)cc1. The number of nitrogens with two attached hydrogens (primary N) is 1. The summed E-state index contributed by atoms with van der Waals surface area (Å²) in [5.41, 5.74) is 9.05. The number of rotatable bonds is 6. The van der Waals surface area contributed by atoms with Gasteiger partial charge in [-0.15, -0.1) is 0 Å². The third-order valence-corrected chi connectivity index (χ3v) is 3.42. The van der Waals surface area contributed by atoms with Gasteiger partial charge >= 0.3 is 0 Å². The van der Waals surface area contributed by atoms with Crippen LogP contribution in [0.2, 0.25) is 0 Å². The largest absolute Gasteiger partial charge is 0.496 e. The molecule has 2 aromatic carbocycles. The summed E-state index contributed by atoms with van der Waals surface area (Å²) in [4.78, 5) is 0. The van der Waals surface area contributed by atoms with Crippen LogP contribution in [0.15, 0.2) is 48.5 Å². The summed E-state index contributed by atoms with van der Waals surface area (Å²) < 4.78 is 5.40. The van der Waals surface area contributed by atoms with E-state index in [1.54, 1.807) is 7.11 Å². The highest BCUT2D eigenvalue weighted by Gasteiger charge is 2.07. The van der Waals surface area contributed by atoms with Crippen LogP contribution in [0.25, 0.3) is 11.1 Å². The van der Waals surface area contributed by atoms with Gasteiger partial charge in [0, 0.05) is 24.7 Å². The van der Waals surface area contributed by atoms with Crippen LogP contribution in [-0.4, -0.2) is 20.2 Å². The Kier molecular flexibility index (Phi) is 5.16. The highest BCUT2D eigenvalue weighted by molar-refractivity contribution is 5.70. The molecule has 1 unspecified atom stereocenters. The van der Waals surface area contributed by atoms with Crippen molar-refractivity contribution in [2.45, 2.75) is 13.0 Å². The van der Waals surface area contributed by atoms with Crippen LogP contribution in [0.5, 0.6) is 5.75 Å². The Labute approximate surface area is 120 Å². The highest BCUT2D eigenvalue weighted by atomic mass is 16.5. The molecular weight excluding hydrogens is 248 g/mol. The fourth-order valence-corrected chi connectivity index (χ4v) is 2.25. The van der Waals surface area contributed by atoms with Crippen LogP contribution in [0.4, 0.5) is 0 Å². The van der Waals surface area contributed by atoms with E-state index in [9.17, 15) is 0 Å². The van der Waals surface area contributed by atoms with E-state index in [4.69, 9.17) is 10.5 Å². The van der Waals surface area contributed by atoms with Crippen LogP contribution in [0, 0.1) is 0 Å². The zero-order chi connectivity index (χ0) is 14.4. The minimum Gasteiger partial charge on any atom is -0.496 e. The average Bonchev–Trinajstić information content (AvgIpc) is 2.52. The number of para-hydroxylation sites is 1. The topological polar surface area (TPSA) is 47.3 Å². The fraction of sp³-hybridized carbons (Fsp3) is 0.294. The molecule has 0 aliphatic rings. The predicted molar refractivity (Wildman–Crippen MR) is 83.9 cm³/mol. The number of hydrogen-bond donors (Lipinski definition) is 2. The van der Waals surface area contributed by atoms with Gasteiger partial charge in [0.2, 0.25) is 0 Å². The lowest BCUT2D eigenvalue weighted by molar-refractivity contribution is 0.416. The van der Waals surface area contributed by atoms with Crippen LogP contribution >= 0.6 is 0 Å². The molecule has 2 rings (SSSR count). The van der Waals surface area contributed by atoms with Crippen LogP contribution < -0.4 is 15.8 Å². The number of benzene rings is 2. The number of methoxy groups -OCH3 is 1. The molecule has 0 aromatic heterocycles. The molecule has 0 aliphatic carbocycles. The third kappa shape index (κ3) is 3.38.